The lowest BCUT2D eigenvalue weighted by Crippen LogP contribution is -2.01. The Morgan fingerprint density at radius 1 is 1.28 bits per heavy atom. The second-order valence-corrected chi connectivity index (χ2v) is 4.37. The number of aromatic nitrogens is 2. The van der Waals surface area contributed by atoms with Gasteiger partial charge in [-0.25, -0.2) is 4.99 Å². The van der Waals surface area contributed by atoms with E-state index in [0.29, 0.717) is 18.3 Å². The molecule has 5 nitrogen and oxygen atoms in total. The molecule has 1 aliphatic heterocycles. The summed E-state index contributed by atoms with van der Waals surface area (Å²) in [6.07, 6.45) is 1.72. The van der Waals surface area contributed by atoms with E-state index < -0.39 is 0 Å². The molecule has 1 aromatic carbocycles. The Morgan fingerprint density at radius 2 is 2.00 bits per heavy atom. The minimum atomic E-state index is 0.240. The zero-order valence-corrected chi connectivity index (χ0v) is 10.1. The number of nitrogens with one attached hydrogen (secondary N) is 1. The summed E-state index contributed by atoms with van der Waals surface area (Å²) >= 11 is 0. The number of nitrogen functional groups attached to an aromatic ring is 1. The smallest absolute Gasteiger partial charge is 0.216 e. The van der Waals surface area contributed by atoms with E-state index in [2.05, 4.69) is 15.2 Å². The number of hydrogen-bond donors (Lipinski definition) is 2. The van der Waals surface area contributed by atoms with Gasteiger partial charge in [-0.3, -0.25) is 5.10 Å². The summed E-state index contributed by atoms with van der Waals surface area (Å²) in [6, 6.07) is 8.19. The van der Waals surface area contributed by atoms with Gasteiger partial charge in [-0.2, -0.15) is 5.10 Å². The van der Waals surface area contributed by atoms with E-state index in [9.17, 15) is 0 Å². The molecule has 2 heterocycles. The second kappa shape index (κ2) is 4.18. The minimum absolute atomic E-state index is 0.240. The third-order valence-electron chi connectivity index (χ3n) is 2.91. The van der Waals surface area contributed by atoms with Crippen LogP contribution in [0.15, 0.2) is 35.5 Å². The molecule has 92 valence electrons. The first kappa shape index (κ1) is 10.8. The zero-order valence-electron chi connectivity index (χ0n) is 10.1. The van der Waals surface area contributed by atoms with E-state index in [1.807, 2.05) is 31.2 Å². The maximum absolute atomic E-state index is 5.78. The van der Waals surface area contributed by atoms with Gasteiger partial charge in [-0.1, -0.05) is 12.1 Å². The molecule has 0 amide bonds. The SMILES string of the molecule is CC1COC(c2ccc(-c3cn[nH]c3N)cc2)=N1. The van der Waals surface area contributed by atoms with Gasteiger partial charge in [0.25, 0.3) is 0 Å². The highest BCUT2D eigenvalue weighted by Crippen LogP contribution is 2.24. The van der Waals surface area contributed by atoms with Crippen LogP contribution in [-0.2, 0) is 4.74 Å². The van der Waals surface area contributed by atoms with Crippen LogP contribution in [0, 0.1) is 0 Å². The van der Waals surface area contributed by atoms with Crippen LogP contribution in [0.4, 0.5) is 5.82 Å². The van der Waals surface area contributed by atoms with Crippen LogP contribution in [0.25, 0.3) is 11.1 Å². The third-order valence-corrected chi connectivity index (χ3v) is 2.91. The van der Waals surface area contributed by atoms with Crippen molar-refractivity contribution in [3.05, 3.63) is 36.0 Å². The lowest BCUT2D eigenvalue weighted by atomic mass is 10.1. The average Bonchev–Trinajstić information content (AvgIpc) is 2.98. The second-order valence-electron chi connectivity index (χ2n) is 4.37. The Kier molecular flexibility index (Phi) is 2.51. The van der Waals surface area contributed by atoms with Crippen LogP contribution in [0.1, 0.15) is 12.5 Å². The summed E-state index contributed by atoms with van der Waals surface area (Å²) in [6.45, 7) is 2.69. The van der Waals surface area contributed by atoms with Crippen molar-refractivity contribution in [3.8, 4) is 11.1 Å². The van der Waals surface area contributed by atoms with Gasteiger partial charge in [0.2, 0.25) is 5.90 Å². The van der Waals surface area contributed by atoms with Crippen LogP contribution in [0.2, 0.25) is 0 Å². The molecule has 0 saturated heterocycles. The standard InChI is InChI=1S/C13H14N4O/c1-8-7-18-13(16-8)10-4-2-9(3-5-10)11-6-15-17-12(11)14/h2-6,8H,7H2,1H3,(H3,14,15,17). The number of aromatic amines is 1. The number of hydrogen-bond acceptors (Lipinski definition) is 4. The molecule has 2 aromatic rings. The van der Waals surface area contributed by atoms with E-state index in [1.54, 1.807) is 6.20 Å². The van der Waals surface area contributed by atoms with Crippen LogP contribution in [0.3, 0.4) is 0 Å². The fourth-order valence-corrected chi connectivity index (χ4v) is 1.95. The maximum atomic E-state index is 5.78. The fourth-order valence-electron chi connectivity index (χ4n) is 1.95. The van der Waals surface area contributed by atoms with Gasteiger partial charge in [-0.05, 0) is 24.6 Å². The summed E-state index contributed by atoms with van der Waals surface area (Å²) < 4.78 is 5.51. The number of benzene rings is 1. The number of ether oxygens (including phenoxy) is 1. The van der Waals surface area contributed by atoms with Crippen molar-refractivity contribution in [2.75, 3.05) is 12.3 Å². The number of H-pyrrole nitrogens is 1. The van der Waals surface area contributed by atoms with Gasteiger partial charge in [0, 0.05) is 11.1 Å². The molecule has 18 heavy (non-hydrogen) atoms. The molecule has 1 unspecified atom stereocenters. The van der Waals surface area contributed by atoms with Crippen LogP contribution in [-0.4, -0.2) is 28.7 Å². The van der Waals surface area contributed by atoms with Crippen molar-refractivity contribution in [1.29, 1.82) is 0 Å². The Bertz CT molecular complexity index is 585. The lowest BCUT2D eigenvalue weighted by Gasteiger charge is -2.03. The monoisotopic (exact) mass is 242 g/mol. The molecule has 1 aromatic heterocycles. The summed E-state index contributed by atoms with van der Waals surface area (Å²) in [5.41, 5.74) is 8.71. The van der Waals surface area contributed by atoms with Gasteiger partial charge in [0.15, 0.2) is 0 Å². The Hall–Kier alpha value is -2.30. The lowest BCUT2D eigenvalue weighted by molar-refractivity contribution is 0.324. The Labute approximate surface area is 105 Å². The molecule has 0 aliphatic carbocycles. The predicted molar refractivity (Wildman–Crippen MR) is 70.4 cm³/mol. The van der Waals surface area contributed by atoms with Gasteiger partial charge in [-0.15, -0.1) is 0 Å². The number of nitrogens with zero attached hydrogens (tertiary/aromatic N) is 2. The molecule has 1 atom stereocenters. The largest absolute Gasteiger partial charge is 0.475 e. The van der Waals surface area contributed by atoms with Gasteiger partial charge >= 0.3 is 0 Å². The molecule has 0 spiro atoms. The Morgan fingerprint density at radius 3 is 2.56 bits per heavy atom. The first-order valence-corrected chi connectivity index (χ1v) is 5.84. The molecular weight excluding hydrogens is 228 g/mol. The quantitative estimate of drug-likeness (QED) is 0.843. The number of anilines is 1. The highest BCUT2D eigenvalue weighted by atomic mass is 16.5. The molecule has 5 heteroatoms. The number of aliphatic imine (C=N–C) groups is 1. The minimum Gasteiger partial charge on any atom is -0.475 e. The van der Waals surface area contributed by atoms with Crippen molar-refractivity contribution in [2.45, 2.75) is 13.0 Å². The van der Waals surface area contributed by atoms with Crippen LogP contribution in [0.5, 0.6) is 0 Å². The van der Waals surface area contributed by atoms with E-state index in [1.165, 1.54) is 0 Å². The van der Waals surface area contributed by atoms with Crippen molar-refractivity contribution >= 4 is 11.7 Å². The summed E-state index contributed by atoms with van der Waals surface area (Å²) in [5, 5.41) is 6.63. The van der Waals surface area contributed by atoms with Crippen molar-refractivity contribution < 1.29 is 4.74 Å². The summed E-state index contributed by atoms with van der Waals surface area (Å²) in [4.78, 5) is 4.42. The normalized spacial score (nSPS) is 18.5. The first-order valence-electron chi connectivity index (χ1n) is 5.84. The van der Waals surface area contributed by atoms with E-state index >= 15 is 0 Å². The van der Waals surface area contributed by atoms with Crippen molar-refractivity contribution in [1.82, 2.24) is 10.2 Å². The zero-order chi connectivity index (χ0) is 12.5. The first-order chi connectivity index (χ1) is 8.74. The van der Waals surface area contributed by atoms with E-state index in [4.69, 9.17) is 10.5 Å². The highest BCUT2D eigenvalue weighted by molar-refractivity contribution is 5.95. The van der Waals surface area contributed by atoms with Gasteiger partial charge < -0.3 is 10.5 Å². The van der Waals surface area contributed by atoms with Crippen LogP contribution >= 0.6 is 0 Å². The molecule has 1 aliphatic rings. The van der Waals surface area contributed by atoms with Crippen molar-refractivity contribution in [3.63, 3.8) is 0 Å². The molecular formula is C13H14N4O. The summed E-state index contributed by atoms with van der Waals surface area (Å²) in [5.74, 6) is 1.29. The number of rotatable bonds is 2. The molecule has 0 bridgehead atoms. The van der Waals surface area contributed by atoms with E-state index in [0.717, 1.165) is 16.7 Å². The van der Waals surface area contributed by atoms with Crippen molar-refractivity contribution in [2.24, 2.45) is 4.99 Å². The molecule has 0 radical (unpaired) electrons. The molecule has 0 saturated carbocycles. The van der Waals surface area contributed by atoms with E-state index in [-0.39, 0.29) is 6.04 Å². The maximum Gasteiger partial charge on any atom is 0.216 e. The fraction of sp³-hybridized carbons (Fsp3) is 0.231. The third kappa shape index (κ3) is 1.84. The van der Waals surface area contributed by atoms with Crippen LogP contribution < -0.4 is 5.73 Å². The topological polar surface area (TPSA) is 76.3 Å². The Balaban J connectivity index is 1.90. The average molecular weight is 242 g/mol. The number of nitrogens with two attached hydrogens (primary N) is 1. The summed E-state index contributed by atoms with van der Waals surface area (Å²) in [7, 11) is 0. The highest BCUT2D eigenvalue weighted by Gasteiger charge is 2.16. The molecule has 3 rings (SSSR count). The van der Waals surface area contributed by atoms with Gasteiger partial charge in [0.05, 0.1) is 12.2 Å². The predicted octanol–water partition coefficient (Wildman–Crippen LogP) is 1.82. The van der Waals surface area contributed by atoms with Gasteiger partial charge in [0.1, 0.15) is 12.4 Å². The molecule has 0 fully saturated rings. The molecule has 3 N–H and O–H groups in total.